The molecule has 1 aromatic rings. The van der Waals surface area contributed by atoms with E-state index in [0.717, 1.165) is 6.07 Å². The minimum Gasteiger partial charge on any atom is -0.478 e. The van der Waals surface area contributed by atoms with Gasteiger partial charge in [-0.3, -0.25) is 0 Å². The minimum atomic E-state index is -1.30. The van der Waals surface area contributed by atoms with Crippen molar-refractivity contribution in [3.63, 3.8) is 0 Å². The van der Waals surface area contributed by atoms with Crippen molar-refractivity contribution in [2.45, 2.75) is 0 Å². The van der Waals surface area contributed by atoms with E-state index in [1.165, 1.54) is 0 Å². The number of hydrogen-bond donors (Lipinski definition) is 3. The number of anilines is 2. The summed E-state index contributed by atoms with van der Waals surface area (Å²) >= 11 is 5.36. The summed E-state index contributed by atoms with van der Waals surface area (Å²) in [6.45, 7) is 0. The highest BCUT2D eigenvalue weighted by Gasteiger charge is 2.16. The van der Waals surface area contributed by atoms with E-state index in [-0.39, 0.29) is 16.3 Å². The van der Waals surface area contributed by atoms with Crippen LogP contribution in [0, 0.1) is 5.82 Å². The molecule has 70 valence electrons. The van der Waals surface area contributed by atoms with Crippen LogP contribution in [0.4, 0.5) is 15.8 Å². The SMILES string of the molecule is Nc1c(C(=O)O)cc(Cl)c(F)c1N. The van der Waals surface area contributed by atoms with Crippen molar-refractivity contribution >= 4 is 28.9 Å². The van der Waals surface area contributed by atoms with Crippen molar-refractivity contribution in [3.05, 3.63) is 22.5 Å². The zero-order chi connectivity index (χ0) is 10.2. The first-order valence-corrected chi connectivity index (χ1v) is 3.59. The number of hydrogen-bond acceptors (Lipinski definition) is 3. The van der Waals surface area contributed by atoms with Crippen molar-refractivity contribution in [1.29, 1.82) is 0 Å². The first-order valence-electron chi connectivity index (χ1n) is 3.21. The standard InChI is InChI=1S/C7H6ClFN2O2/c8-3-1-2(7(12)13)5(10)6(11)4(3)9/h1H,10-11H2,(H,12,13). The number of nitrogens with two attached hydrogens (primary N) is 2. The molecule has 4 nitrogen and oxygen atoms in total. The van der Waals surface area contributed by atoms with Gasteiger partial charge >= 0.3 is 5.97 Å². The number of nitrogen functional groups attached to an aromatic ring is 2. The van der Waals surface area contributed by atoms with Gasteiger partial charge in [0.2, 0.25) is 0 Å². The molecule has 13 heavy (non-hydrogen) atoms. The molecule has 0 saturated carbocycles. The van der Waals surface area contributed by atoms with E-state index < -0.39 is 17.5 Å². The van der Waals surface area contributed by atoms with Crippen molar-refractivity contribution in [2.75, 3.05) is 11.5 Å². The van der Waals surface area contributed by atoms with Gasteiger partial charge in [-0.2, -0.15) is 0 Å². The number of carbonyl (C=O) groups is 1. The Balaban J connectivity index is 3.50. The fraction of sp³-hybridized carbons (Fsp3) is 0. The molecular weight excluding hydrogens is 199 g/mol. The first kappa shape index (κ1) is 9.60. The third-order valence-electron chi connectivity index (χ3n) is 1.53. The Hall–Kier alpha value is -1.49. The van der Waals surface area contributed by atoms with Gasteiger partial charge in [0.25, 0.3) is 0 Å². The Morgan fingerprint density at radius 3 is 2.46 bits per heavy atom. The minimum absolute atomic E-state index is 0.302. The van der Waals surface area contributed by atoms with Crippen molar-refractivity contribution in [1.82, 2.24) is 0 Å². The molecule has 0 aliphatic rings. The normalized spacial score (nSPS) is 10.0. The van der Waals surface area contributed by atoms with Crippen LogP contribution in [0.1, 0.15) is 10.4 Å². The van der Waals surface area contributed by atoms with Gasteiger partial charge in [0.1, 0.15) is 0 Å². The summed E-state index contributed by atoms with van der Waals surface area (Å²) in [5.74, 6) is -2.20. The van der Waals surface area contributed by atoms with Gasteiger partial charge in [-0.05, 0) is 6.07 Å². The van der Waals surface area contributed by atoms with Crippen molar-refractivity contribution in [2.24, 2.45) is 0 Å². The molecule has 0 saturated heterocycles. The van der Waals surface area contributed by atoms with Gasteiger partial charge in [-0.25, -0.2) is 9.18 Å². The summed E-state index contributed by atoms with van der Waals surface area (Å²) < 4.78 is 12.9. The third-order valence-corrected chi connectivity index (χ3v) is 1.80. The van der Waals surface area contributed by atoms with Gasteiger partial charge in [-0.1, -0.05) is 11.6 Å². The Labute approximate surface area is 77.9 Å². The van der Waals surface area contributed by atoms with E-state index in [1.54, 1.807) is 0 Å². The molecule has 0 spiro atoms. The third kappa shape index (κ3) is 1.50. The van der Waals surface area contributed by atoms with Gasteiger partial charge < -0.3 is 16.6 Å². The largest absolute Gasteiger partial charge is 0.478 e. The maximum absolute atomic E-state index is 12.9. The number of rotatable bonds is 1. The van der Waals surface area contributed by atoms with Crippen LogP contribution in [-0.4, -0.2) is 11.1 Å². The van der Waals surface area contributed by atoms with E-state index in [4.69, 9.17) is 28.2 Å². The summed E-state index contributed by atoms with van der Waals surface area (Å²) in [5, 5.41) is 8.23. The van der Waals surface area contributed by atoms with E-state index in [1.807, 2.05) is 0 Å². The van der Waals surface area contributed by atoms with Crippen LogP contribution in [0.2, 0.25) is 5.02 Å². The number of carboxylic acid groups (broad SMARTS) is 1. The Morgan fingerprint density at radius 1 is 1.46 bits per heavy atom. The average Bonchev–Trinajstić information content (AvgIpc) is 2.07. The first-order chi connectivity index (χ1) is 5.95. The summed E-state index contributed by atoms with van der Waals surface area (Å²) in [6, 6.07) is 0.922. The number of benzene rings is 1. The van der Waals surface area contributed by atoms with E-state index in [2.05, 4.69) is 0 Å². The molecule has 0 aliphatic carbocycles. The lowest BCUT2D eigenvalue weighted by molar-refractivity contribution is 0.0698. The molecule has 0 radical (unpaired) electrons. The van der Waals surface area contributed by atoms with E-state index in [0.29, 0.717) is 0 Å². The number of aromatic carboxylic acids is 1. The van der Waals surface area contributed by atoms with Crippen LogP contribution in [0.25, 0.3) is 0 Å². The fourth-order valence-electron chi connectivity index (χ4n) is 0.837. The monoisotopic (exact) mass is 204 g/mol. The van der Waals surface area contributed by atoms with Crippen LogP contribution in [0.15, 0.2) is 6.07 Å². The lowest BCUT2D eigenvalue weighted by atomic mass is 10.1. The maximum atomic E-state index is 12.9. The number of halogens is 2. The molecule has 6 heteroatoms. The predicted octanol–water partition coefficient (Wildman–Crippen LogP) is 1.34. The molecule has 5 N–H and O–H groups in total. The molecule has 0 heterocycles. The van der Waals surface area contributed by atoms with Crippen LogP contribution >= 0.6 is 11.6 Å². The molecule has 0 atom stereocenters. The van der Waals surface area contributed by atoms with E-state index in [9.17, 15) is 9.18 Å². The highest BCUT2D eigenvalue weighted by atomic mass is 35.5. The molecule has 1 rings (SSSR count). The predicted molar refractivity (Wildman–Crippen MR) is 47.2 cm³/mol. The molecule has 0 aliphatic heterocycles. The summed E-state index contributed by atoms with van der Waals surface area (Å²) in [6.07, 6.45) is 0. The number of carboxylic acids is 1. The highest BCUT2D eigenvalue weighted by molar-refractivity contribution is 6.31. The van der Waals surface area contributed by atoms with Crippen molar-refractivity contribution < 1.29 is 14.3 Å². The average molecular weight is 205 g/mol. The zero-order valence-electron chi connectivity index (χ0n) is 6.34. The molecule has 0 amide bonds. The maximum Gasteiger partial charge on any atom is 0.337 e. The Kier molecular flexibility index (Phi) is 2.29. The van der Waals surface area contributed by atoms with Crippen molar-refractivity contribution in [3.8, 4) is 0 Å². The van der Waals surface area contributed by atoms with Crippen LogP contribution < -0.4 is 11.5 Å². The van der Waals surface area contributed by atoms with Gasteiger partial charge in [0.05, 0.1) is 22.0 Å². The zero-order valence-corrected chi connectivity index (χ0v) is 7.10. The second-order valence-corrected chi connectivity index (χ2v) is 2.76. The summed E-state index contributed by atoms with van der Waals surface area (Å²) in [5.41, 5.74) is 9.37. The van der Waals surface area contributed by atoms with Gasteiger partial charge in [0.15, 0.2) is 5.82 Å². The van der Waals surface area contributed by atoms with Crippen LogP contribution in [0.5, 0.6) is 0 Å². The Morgan fingerprint density at radius 2 is 2.00 bits per heavy atom. The second kappa shape index (κ2) is 3.10. The smallest absolute Gasteiger partial charge is 0.337 e. The highest BCUT2D eigenvalue weighted by Crippen LogP contribution is 2.29. The van der Waals surface area contributed by atoms with Crippen LogP contribution in [0.3, 0.4) is 0 Å². The fourth-order valence-corrected chi connectivity index (χ4v) is 1.05. The molecule has 1 aromatic carbocycles. The topological polar surface area (TPSA) is 89.3 Å². The molecule has 0 bridgehead atoms. The van der Waals surface area contributed by atoms with Crippen LogP contribution in [-0.2, 0) is 0 Å². The summed E-state index contributed by atoms with van der Waals surface area (Å²) in [4.78, 5) is 10.5. The van der Waals surface area contributed by atoms with Gasteiger partial charge in [0, 0.05) is 0 Å². The molecular formula is C7H6ClFN2O2. The van der Waals surface area contributed by atoms with E-state index >= 15 is 0 Å². The lowest BCUT2D eigenvalue weighted by Crippen LogP contribution is -2.07. The summed E-state index contributed by atoms with van der Waals surface area (Å²) in [7, 11) is 0. The second-order valence-electron chi connectivity index (χ2n) is 2.35. The molecule has 0 fully saturated rings. The Bertz CT molecular complexity index is 381. The lowest BCUT2D eigenvalue weighted by Gasteiger charge is -2.06. The molecule has 0 aromatic heterocycles. The quantitative estimate of drug-likeness (QED) is 0.603. The molecule has 0 unspecified atom stereocenters. The van der Waals surface area contributed by atoms with Gasteiger partial charge in [-0.15, -0.1) is 0 Å².